The largest absolute Gasteiger partial charge is 0.287 e. The van der Waals surface area contributed by atoms with Gasteiger partial charge in [-0.3, -0.25) is 4.79 Å². The topological polar surface area (TPSA) is 47.3 Å². The maximum absolute atomic E-state index is 11.5. The summed E-state index contributed by atoms with van der Waals surface area (Å²) in [6.07, 6.45) is 1.41. The van der Waals surface area contributed by atoms with Gasteiger partial charge in [0, 0.05) is 11.1 Å². The van der Waals surface area contributed by atoms with E-state index >= 15 is 0 Å². The van der Waals surface area contributed by atoms with Gasteiger partial charge in [0.1, 0.15) is 17.4 Å². The molecule has 0 N–H and O–H groups in total. The Hall–Kier alpha value is -1.97. The van der Waals surface area contributed by atoms with Gasteiger partial charge < -0.3 is 0 Å². The van der Waals surface area contributed by atoms with Gasteiger partial charge in [-0.2, -0.15) is 5.10 Å². The van der Waals surface area contributed by atoms with E-state index in [1.807, 2.05) is 13.0 Å². The van der Waals surface area contributed by atoms with Crippen LogP contribution in [-0.2, 0) is 0 Å². The molecular formula is C10H7N3O. The van der Waals surface area contributed by atoms with Gasteiger partial charge in [0.15, 0.2) is 0 Å². The fourth-order valence-electron chi connectivity index (χ4n) is 1.79. The summed E-state index contributed by atoms with van der Waals surface area (Å²) in [6.45, 7) is 1.96. The summed E-state index contributed by atoms with van der Waals surface area (Å²) in [7, 11) is 0. The first-order valence-corrected chi connectivity index (χ1v) is 4.33. The molecule has 0 spiro atoms. The molecule has 0 aliphatic rings. The molecule has 3 rings (SSSR count). The van der Waals surface area contributed by atoms with Crippen molar-refractivity contribution in [2.45, 2.75) is 6.92 Å². The van der Waals surface area contributed by atoms with E-state index in [0.29, 0.717) is 5.52 Å². The van der Waals surface area contributed by atoms with Gasteiger partial charge in [-0.05, 0) is 25.1 Å². The van der Waals surface area contributed by atoms with Crippen molar-refractivity contribution in [1.82, 2.24) is 14.6 Å². The van der Waals surface area contributed by atoms with Crippen LogP contribution in [0.2, 0.25) is 0 Å². The first kappa shape index (κ1) is 7.44. The van der Waals surface area contributed by atoms with Crippen molar-refractivity contribution < 1.29 is 0 Å². The molecule has 2 aromatic heterocycles. The lowest BCUT2D eigenvalue weighted by Gasteiger charge is -1.97. The summed E-state index contributed by atoms with van der Waals surface area (Å²) in [4.78, 5) is 15.5. The van der Waals surface area contributed by atoms with Crippen LogP contribution in [0.15, 0.2) is 29.3 Å². The summed E-state index contributed by atoms with van der Waals surface area (Å²) in [5, 5.41) is 5.11. The van der Waals surface area contributed by atoms with Crippen LogP contribution in [0.4, 0.5) is 0 Å². The maximum Gasteiger partial charge on any atom is 0.206 e. The number of aryl methyl sites for hydroxylation is 1. The lowest BCUT2D eigenvalue weighted by Crippen LogP contribution is -2.05. The Balaban J connectivity index is 2.79. The van der Waals surface area contributed by atoms with Crippen molar-refractivity contribution >= 4 is 16.4 Å². The summed E-state index contributed by atoms with van der Waals surface area (Å²) in [6, 6.07) is 5.35. The van der Waals surface area contributed by atoms with Gasteiger partial charge in [-0.1, -0.05) is 0 Å². The zero-order chi connectivity index (χ0) is 9.71. The van der Waals surface area contributed by atoms with Gasteiger partial charge in [0.2, 0.25) is 5.43 Å². The van der Waals surface area contributed by atoms with E-state index < -0.39 is 0 Å². The predicted octanol–water partition coefficient (Wildman–Crippen LogP) is 0.989. The Labute approximate surface area is 79.2 Å². The number of nitrogens with zero attached hydrogens (tertiary/aromatic N) is 3. The fraction of sp³-hybridized carbons (Fsp3) is 0.100. The Morgan fingerprint density at radius 2 is 2.21 bits per heavy atom. The second-order valence-electron chi connectivity index (χ2n) is 3.31. The second-order valence-corrected chi connectivity index (χ2v) is 3.31. The van der Waals surface area contributed by atoms with E-state index in [0.717, 1.165) is 16.6 Å². The molecule has 0 aliphatic carbocycles. The maximum atomic E-state index is 11.5. The quantitative estimate of drug-likeness (QED) is 0.524. The second kappa shape index (κ2) is 2.29. The summed E-state index contributed by atoms with van der Waals surface area (Å²) >= 11 is 0. The molecule has 0 saturated heterocycles. The lowest BCUT2D eigenvalue weighted by atomic mass is 10.2. The van der Waals surface area contributed by atoms with Crippen LogP contribution in [0.1, 0.15) is 5.69 Å². The summed E-state index contributed by atoms with van der Waals surface area (Å²) in [5.41, 5.74) is 2.27. The van der Waals surface area contributed by atoms with Crippen molar-refractivity contribution in [3.8, 4) is 0 Å². The predicted molar refractivity (Wildman–Crippen MR) is 52.7 cm³/mol. The minimum atomic E-state index is -0.0528. The molecule has 4 heteroatoms. The average molecular weight is 185 g/mol. The highest BCUT2D eigenvalue weighted by Crippen LogP contribution is 2.18. The molecule has 0 amide bonds. The van der Waals surface area contributed by atoms with Crippen molar-refractivity contribution in [3.05, 3.63) is 40.4 Å². The highest BCUT2D eigenvalue weighted by Gasteiger charge is 2.09. The molecule has 1 aromatic carbocycles. The fourth-order valence-corrected chi connectivity index (χ4v) is 1.79. The van der Waals surface area contributed by atoms with E-state index in [4.69, 9.17) is 0 Å². The lowest BCUT2D eigenvalue weighted by molar-refractivity contribution is 0.881. The first-order chi connectivity index (χ1) is 6.77. The van der Waals surface area contributed by atoms with Crippen molar-refractivity contribution in [1.29, 1.82) is 0 Å². The number of benzene rings is 1. The number of hydrogen-bond donors (Lipinski definition) is 0. The highest BCUT2D eigenvalue weighted by molar-refractivity contribution is 5.93. The number of aromatic nitrogens is 3. The molecule has 4 nitrogen and oxygen atoms in total. The van der Waals surface area contributed by atoms with Gasteiger partial charge >= 0.3 is 0 Å². The van der Waals surface area contributed by atoms with Crippen LogP contribution in [-0.4, -0.2) is 14.6 Å². The SMILES string of the molecule is Cc1cc2ccc(=O)c3ncnn1c23. The molecule has 2 heterocycles. The molecule has 0 saturated carbocycles. The molecule has 68 valence electrons. The van der Waals surface area contributed by atoms with Gasteiger partial charge in [0.25, 0.3) is 0 Å². The van der Waals surface area contributed by atoms with Crippen LogP contribution in [0.25, 0.3) is 16.4 Å². The zero-order valence-corrected chi connectivity index (χ0v) is 7.56. The third-order valence-electron chi connectivity index (χ3n) is 2.41. The minimum absolute atomic E-state index is 0.0528. The molecule has 0 bridgehead atoms. The summed E-state index contributed by atoms with van der Waals surface area (Å²) in [5.74, 6) is 0. The molecular weight excluding hydrogens is 178 g/mol. The van der Waals surface area contributed by atoms with Crippen molar-refractivity contribution in [2.24, 2.45) is 0 Å². The smallest absolute Gasteiger partial charge is 0.206 e. The zero-order valence-electron chi connectivity index (χ0n) is 7.56. The number of rotatable bonds is 0. The molecule has 14 heavy (non-hydrogen) atoms. The Kier molecular flexibility index (Phi) is 1.21. The molecule has 0 unspecified atom stereocenters. The standard InChI is InChI=1S/C10H7N3O/c1-6-4-7-2-3-8(14)9-10(7)13(6)12-5-11-9/h2-5H,1H3. The molecule has 0 aliphatic heterocycles. The highest BCUT2D eigenvalue weighted by atomic mass is 16.1. The Morgan fingerprint density at radius 1 is 1.36 bits per heavy atom. The van der Waals surface area contributed by atoms with Crippen molar-refractivity contribution in [3.63, 3.8) is 0 Å². The Morgan fingerprint density at radius 3 is 3.07 bits per heavy atom. The van der Waals surface area contributed by atoms with E-state index in [1.54, 1.807) is 16.6 Å². The van der Waals surface area contributed by atoms with E-state index in [-0.39, 0.29) is 5.43 Å². The molecule has 0 radical (unpaired) electrons. The van der Waals surface area contributed by atoms with Gasteiger partial charge in [0.05, 0.1) is 0 Å². The van der Waals surface area contributed by atoms with Crippen LogP contribution in [0.3, 0.4) is 0 Å². The van der Waals surface area contributed by atoms with Gasteiger partial charge in [-0.15, -0.1) is 0 Å². The number of hydrogen-bond acceptors (Lipinski definition) is 3. The van der Waals surface area contributed by atoms with E-state index in [2.05, 4.69) is 10.1 Å². The molecule has 3 aromatic rings. The first-order valence-electron chi connectivity index (χ1n) is 4.33. The normalized spacial score (nSPS) is 11.5. The third kappa shape index (κ3) is 0.750. The van der Waals surface area contributed by atoms with Crippen LogP contribution >= 0.6 is 0 Å². The van der Waals surface area contributed by atoms with E-state index in [1.165, 1.54) is 6.33 Å². The average Bonchev–Trinajstić information content (AvgIpc) is 2.52. The van der Waals surface area contributed by atoms with Crippen LogP contribution < -0.4 is 5.43 Å². The molecule has 0 fully saturated rings. The van der Waals surface area contributed by atoms with E-state index in [9.17, 15) is 4.79 Å². The van der Waals surface area contributed by atoms with Crippen molar-refractivity contribution in [2.75, 3.05) is 0 Å². The van der Waals surface area contributed by atoms with Crippen LogP contribution in [0.5, 0.6) is 0 Å². The third-order valence-corrected chi connectivity index (χ3v) is 2.41. The summed E-state index contributed by atoms with van der Waals surface area (Å²) < 4.78 is 1.75. The minimum Gasteiger partial charge on any atom is -0.287 e. The monoisotopic (exact) mass is 185 g/mol. The van der Waals surface area contributed by atoms with Gasteiger partial charge in [-0.25, -0.2) is 9.50 Å². The van der Waals surface area contributed by atoms with Crippen LogP contribution in [0, 0.1) is 6.92 Å². The Bertz CT molecular complexity index is 671. The molecule has 0 atom stereocenters.